The van der Waals surface area contributed by atoms with Crippen LogP contribution in [0.3, 0.4) is 0 Å². The summed E-state index contributed by atoms with van der Waals surface area (Å²) in [5.41, 5.74) is 5.59. The summed E-state index contributed by atoms with van der Waals surface area (Å²) in [5, 5.41) is 11.3. The fraction of sp³-hybridized carbons (Fsp3) is 0.444. The molecule has 0 unspecified atom stereocenters. The van der Waals surface area contributed by atoms with Gasteiger partial charge in [0.15, 0.2) is 5.84 Å². The Labute approximate surface area is 105 Å². The molecule has 0 radical (unpaired) electrons. The summed E-state index contributed by atoms with van der Waals surface area (Å²) >= 11 is 0. The van der Waals surface area contributed by atoms with E-state index in [0.717, 1.165) is 0 Å². The Morgan fingerprint density at radius 3 is 2.61 bits per heavy atom. The predicted octanol–water partition coefficient (Wildman–Crippen LogP) is -0.948. The van der Waals surface area contributed by atoms with Crippen LogP contribution in [0, 0.1) is 0 Å². The lowest BCUT2D eigenvalue weighted by Crippen LogP contribution is -2.26. The van der Waals surface area contributed by atoms with E-state index in [9.17, 15) is 8.42 Å². The van der Waals surface area contributed by atoms with Crippen LogP contribution in [-0.4, -0.2) is 55.0 Å². The number of rotatable bonds is 5. The quantitative estimate of drug-likeness (QED) is 0.307. The van der Waals surface area contributed by atoms with Crippen LogP contribution in [0.1, 0.15) is 5.69 Å². The Hall–Kier alpha value is -1.90. The maximum atomic E-state index is 11.0. The van der Waals surface area contributed by atoms with Crippen molar-refractivity contribution < 1.29 is 13.6 Å². The molecule has 0 bridgehead atoms. The molecule has 3 N–H and O–H groups in total. The van der Waals surface area contributed by atoms with Gasteiger partial charge in [-0.15, -0.1) is 0 Å². The lowest BCUT2D eigenvalue weighted by atomic mass is 10.4. The maximum Gasteiger partial charge on any atom is 0.190 e. The summed E-state index contributed by atoms with van der Waals surface area (Å²) in [7, 11) is -1.31. The fourth-order valence-corrected chi connectivity index (χ4v) is 1.72. The molecule has 0 fully saturated rings. The first kappa shape index (κ1) is 14.2. The number of anilines is 1. The average molecular weight is 273 g/mol. The highest BCUT2D eigenvalue weighted by molar-refractivity contribution is 7.90. The molecule has 1 aromatic rings. The van der Waals surface area contributed by atoms with Crippen molar-refractivity contribution in [3.63, 3.8) is 0 Å². The second-order valence-electron chi connectivity index (χ2n) is 3.80. The van der Waals surface area contributed by atoms with Crippen LogP contribution in [0.5, 0.6) is 0 Å². The minimum atomic E-state index is -3.01. The van der Waals surface area contributed by atoms with Gasteiger partial charge in [0.2, 0.25) is 0 Å². The number of aromatic nitrogens is 2. The molecule has 0 saturated heterocycles. The van der Waals surface area contributed by atoms with Gasteiger partial charge < -0.3 is 15.8 Å². The summed E-state index contributed by atoms with van der Waals surface area (Å²) in [6, 6.07) is 0. The third-order valence-electron chi connectivity index (χ3n) is 2.20. The van der Waals surface area contributed by atoms with Gasteiger partial charge >= 0.3 is 0 Å². The maximum absolute atomic E-state index is 11.0. The van der Waals surface area contributed by atoms with E-state index in [0.29, 0.717) is 12.4 Å². The third-order valence-corrected chi connectivity index (χ3v) is 3.12. The molecule has 18 heavy (non-hydrogen) atoms. The highest BCUT2D eigenvalue weighted by Crippen LogP contribution is 2.06. The number of hydrogen-bond acceptors (Lipinski definition) is 7. The highest BCUT2D eigenvalue weighted by Gasteiger charge is 2.09. The molecule has 0 amide bonds. The molecule has 1 rings (SSSR count). The van der Waals surface area contributed by atoms with E-state index in [4.69, 9.17) is 10.9 Å². The van der Waals surface area contributed by atoms with Crippen LogP contribution in [-0.2, 0) is 9.84 Å². The average Bonchev–Trinajstić information content (AvgIpc) is 2.34. The number of amidine groups is 1. The Morgan fingerprint density at radius 1 is 1.50 bits per heavy atom. The summed E-state index contributed by atoms with van der Waals surface area (Å²) < 4.78 is 22.1. The van der Waals surface area contributed by atoms with Crippen molar-refractivity contribution in [3.8, 4) is 0 Å². The molecule has 0 saturated carbocycles. The summed E-state index contributed by atoms with van der Waals surface area (Å²) in [6.07, 6.45) is 3.95. The van der Waals surface area contributed by atoms with E-state index in [1.54, 1.807) is 11.9 Å². The molecule has 8 nitrogen and oxygen atoms in total. The monoisotopic (exact) mass is 273 g/mol. The van der Waals surface area contributed by atoms with Crippen molar-refractivity contribution in [2.24, 2.45) is 10.9 Å². The summed E-state index contributed by atoms with van der Waals surface area (Å²) in [4.78, 5) is 9.65. The fourth-order valence-electron chi connectivity index (χ4n) is 1.12. The van der Waals surface area contributed by atoms with Crippen molar-refractivity contribution >= 4 is 21.5 Å². The van der Waals surface area contributed by atoms with E-state index in [1.165, 1.54) is 18.6 Å². The molecule has 0 spiro atoms. The summed E-state index contributed by atoms with van der Waals surface area (Å²) in [5.74, 6) is 0.411. The molecule has 100 valence electrons. The number of sulfone groups is 1. The topological polar surface area (TPSA) is 122 Å². The summed E-state index contributed by atoms with van der Waals surface area (Å²) in [6.45, 7) is 0.316. The minimum absolute atomic E-state index is 0.0349. The molecule has 1 heterocycles. The Bertz CT molecular complexity index is 526. The zero-order valence-corrected chi connectivity index (χ0v) is 10.9. The van der Waals surface area contributed by atoms with Crippen LogP contribution in [0.25, 0.3) is 0 Å². The van der Waals surface area contributed by atoms with Crippen LogP contribution in [0.4, 0.5) is 5.82 Å². The van der Waals surface area contributed by atoms with Crippen molar-refractivity contribution in [1.29, 1.82) is 0 Å². The van der Waals surface area contributed by atoms with Crippen LogP contribution >= 0.6 is 0 Å². The van der Waals surface area contributed by atoms with Crippen molar-refractivity contribution in [2.75, 3.05) is 30.5 Å². The molecule has 0 atom stereocenters. The molecule has 1 aromatic heterocycles. The van der Waals surface area contributed by atoms with Crippen LogP contribution < -0.4 is 10.6 Å². The lowest BCUT2D eigenvalue weighted by Gasteiger charge is -2.16. The van der Waals surface area contributed by atoms with Gasteiger partial charge in [-0.05, 0) is 0 Å². The lowest BCUT2D eigenvalue weighted by molar-refractivity contribution is 0.318. The van der Waals surface area contributed by atoms with Gasteiger partial charge in [0.05, 0.1) is 18.1 Å². The van der Waals surface area contributed by atoms with E-state index in [-0.39, 0.29) is 17.3 Å². The van der Waals surface area contributed by atoms with Crippen molar-refractivity contribution in [3.05, 3.63) is 18.1 Å². The van der Waals surface area contributed by atoms with E-state index in [2.05, 4.69) is 15.1 Å². The Morgan fingerprint density at radius 2 is 2.17 bits per heavy atom. The normalized spacial score (nSPS) is 12.4. The third kappa shape index (κ3) is 4.17. The van der Waals surface area contributed by atoms with Crippen molar-refractivity contribution in [2.45, 2.75) is 0 Å². The SMILES string of the molecule is CN(CCS(C)(=O)=O)c1cnc(C(N)=NO)cn1. The van der Waals surface area contributed by atoms with Crippen LogP contribution in [0.15, 0.2) is 17.5 Å². The number of nitrogens with zero attached hydrogens (tertiary/aromatic N) is 4. The van der Waals surface area contributed by atoms with Gasteiger partial charge in [-0.3, -0.25) is 0 Å². The smallest absolute Gasteiger partial charge is 0.190 e. The standard InChI is InChI=1S/C9H15N5O3S/c1-14(3-4-18(2,16)17)8-6-11-7(5-12-8)9(10)13-15/h5-6,15H,3-4H2,1-2H3,(H2,10,13). The van der Waals surface area contributed by atoms with Crippen molar-refractivity contribution in [1.82, 2.24) is 9.97 Å². The van der Waals surface area contributed by atoms with Gasteiger partial charge in [0.25, 0.3) is 0 Å². The molecule has 0 aliphatic heterocycles. The largest absolute Gasteiger partial charge is 0.409 e. The number of nitrogens with two attached hydrogens (primary N) is 1. The second kappa shape index (κ2) is 5.63. The Kier molecular flexibility index (Phi) is 4.43. The van der Waals surface area contributed by atoms with Gasteiger partial charge in [-0.2, -0.15) is 0 Å². The molecule has 0 aromatic carbocycles. The highest BCUT2D eigenvalue weighted by atomic mass is 32.2. The zero-order valence-electron chi connectivity index (χ0n) is 10.1. The molecule has 9 heteroatoms. The van der Waals surface area contributed by atoms with Gasteiger partial charge in [-0.1, -0.05) is 5.16 Å². The number of hydrogen-bond donors (Lipinski definition) is 2. The minimum Gasteiger partial charge on any atom is -0.409 e. The second-order valence-corrected chi connectivity index (χ2v) is 6.06. The zero-order chi connectivity index (χ0) is 13.8. The molecular formula is C9H15N5O3S. The predicted molar refractivity (Wildman–Crippen MR) is 67.5 cm³/mol. The molecule has 0 aliphatic carbocycles. The first-order chi connectivity index (χ1) is 8.33. The van der Waals surface area contributed by atoms with Crippen LogP contribution in [0.2, 0.25) is 0 Å². The molecule has 0 aliphatic rings. The number of oxime groups is 1. The van der Waals surface area contributed by atoms with E-state index < -0.39 is 9.84 Å². The first-order valence-corrected chi connectivity index (χ1v) is 7.08. The van der Waals surface area contributed by atoms with Gasteiger partial charge in [0.1, 0.15) is 21.3 Å². The first-order valence-electron chi connectivity index (χ1n) is 5.02. The Balaban J connectivity index is 2.73. The van der Waals surface area contributed by atoms with Gasteiger partial charge in [0, 0.05) is 19.8 Å². The molecular weight excluding hydrogens is 258 g/mol. The van der Waals surface area contributed by atoms with Gasteiger partial charge in [-0.25, -0.2) is 18.4 Å². The van der Waals surface area contributed by atoms with E-state index in [1.807, 2.05) is 0 Å². The van der Waals surface area contributed by atoms with E-state index >= 15 is 0 Å².